The molecule has 1 aliphatic rings. The van der Waals surface area contributed by atoms with E-state index in [0.717, 1.165) is 12.8 Å². The van der Waals surface area contributed by atoms with Crippen molar-refractivity contribution in [2.24, 2.45) is 11.8 Å². The SMILES string of the molecule is CC(CCl)CS(=O)(=O)N[C@@H](C)C1CCCC1. The molecule has 5 heteroatoms. The van der Waals surface area contributed by atoms with Crippen LogP contribution in [0.15, 0.2) is 0 Å². The average Bonchev–Trinajstić information content (AvgIpc) is 2.68. The van der Waals surface area contributed by atoms with Crippen LogP contribution in [0.25, 0.3) is 0 Å². The lowest BCUT2D eigenvalue weighted by Gasteiger charge is -2.21. The number of hydrogen-bond acceptors (Lipinski definition) is 2. The van der Waals surface area contributed by atoms with Crippen molar-refractivity contribution >= 4 is 21.6 Å². The summed E-state index contributed by atoms with van der Waals surface area (Å²) in [5, 5.41) is 0. The summed E-state index contributed by atoms with van der Waals surface area (Å²) in [5.74, 6) is 1.04. The smallest absolute Gasteiger partial charge is 0.212 e. The highest BCUT2D eigenvalue weighted by Crippen LogP contribution is 2.27. The maximum atomic E-state index is 11.8. The summed E-state index contributed by atoms with van der Waals surface area (Å²) < 4.78 is 26.4. The van der Waals surface area contributed by atoms with Crippen molar-refractivity contribution in [3.8, 4) is 0 Å². The van der Waals surface area contributed by atoms with Crippen LogP contribution in [0.3, 0.4) is 0 Å². The summed E-state index contributed by atoms with van der Waals surface area (Å²) in [5.41, 5.74) is 0. The van der Waals surface area contributed by atoms with E-state index in [0.29, 0.717) is 11.8 Å². The number of alkyl halides is 1. The number of sulfonamides is 1. The Balaban J connectivity index is 2.44. The van der Waals surface area contributed by atoms with Crippen LogP contribution in [0, 0.1) is 11.8 Å². The van der Waals surface area contributed by atoms with E-state index >= 15 is 0 Å². The molecular formula is C11H22ClNO2S. The Morgan fingerprint density at radius 2 is 1.88 bits per heavy atom. The minimum absolute atomic E-state index is 0.00921. The Morgan fingerprint density at radius 1 is 1.31 bits per heavy atom. The molecule has 1 saturated carbocycles. The number of nitrogens with one attached hydrogen (secondary N) is 1. The summed E-state index contributed by atoms with van der Waals surface area (Å²) in [7, 11) is -3.16. The zero-order valence-corrected chi connectivity index (χ0v) is 11.6. The average molecular weight is 268 g/mol. The van der Waals surface area contributed by atoms with Gasteiger partial charge >= 0.3 is 0 Å². The molecule has 1 aliphatic carbocycles. The van der Waals surface area contributed by atoms with Crippen molar-refractivity contribution in [2.75, 3.05) is 11.6 Å². The Hall–Kier alpha value is 0.200. The lowest BCUT2D eigenvalue weighted by Crippen LogP contribution is -2.39. The van der Waals surface area contributed by atoms with Gasteiger partial charge in [0.2, 0.25) is 10.0 Å². The summed E-state index contributed by atoms with van der Waals surface area (Å²) in [6.07, 6.45) is 4.76. The minimum atomic E-state index is -3.16. The molecule has 3 nitrogen and oxygen atoms in total. The second-order valence-electron chi connectivity index (χ2n) is 4.99. The summed E-state index contributed by atoms with van der Waals surface area (Å²) in [6.45, 7) is 3.82. The molecule has 0 spiro atoms. The normalized spacial score (nSPS) is 22.2. The van der Waals surface area contributed by atoms with Gasteiger partial charge in [0, 0.05) is 11.9 Å². The number of halogens is 1. The predicted molar refractivity (Wildman–Crippen MR) is 68.2 cm³/mol. The van der Waals surface area contributed by atoms with Gasteiger partial charge in [0.15, 0.2) is 0 Å². The van der Waals surface area contributed by atoms with Crippen LogP contribution < -0.4 is 4.72 Å². The molecular weight excluding hydrogens is 246 g/mol. The minimum Gasteiger partial charge on any atom is -0.212 e. The van der Waals surface area contributed by atoms with Crippen LogP contribution in [0.2, 0.25) is 0 Å². The molecule has 0 radical (unpaired) electrons. The largest absolute Gasteiger partial charge is 0.212 e. The zero-order chi connectivity index (χ0) is 12.2. The quantitative estimate of drug-likeness (QED) is 0.751. The third-order valence-corrected chi connectivity index (χ3v) is 5.51. The Morgan fingerprint density at radius 3 is 2.38 bits per heavy atom. The van der Waals surface area contributed by atoms with Gasteiger partial charge in [0.1, 0.15) is 0 Å². The van der Waals surface area contributed by atoms with Crippen molar-refractivity contribution in [1.82, 2.24) is 4.72 Å². The van der Waals surface area contributed by atoms with Crippen LogP contribution in [-0.4, -0.2) is 26.1 Å². The first-order valence-electron chi connectivity index (χ1n) is 6.00. The summed E-state index contributed by atoms with van der Waals surface area (Å²) in [4.78, 5) is 0. The highest BCUT2D eigenvalue weighted by Gasteiger charge is 2.25. The van der Waals surface area contributed by atoms with Crippen LogP contribution in [-0.2, 0) is 10.0 Å². The van der Waals surface area contributed by atoms with Gasteiger partial charge in [-0.3, -0.25) is 0 Å². The molecule has 2 atom stereocenters. The molecule has 0 aromatic rings. The van der Waals surface area contributed by atoms with E-state index in [1.165, 1.54) is 12.8 Å². The van der Waals surface area contributed by atoms with Gasteiger partial charge in [-0.1, -0.05) is 19.8 Å². The standard InChI is InChI=1S/C11H22ClNO2S/c1-9(7-12)8-16(14,15)13-10(2)11-5-3-4-6-11/h9-11,13H,3-8H2,1-2H3/t9?,10-/m0/s1. The van der Waals surface area contributed by atoms with Crippen molar-refractivity contribution in [3.05, 3.63) is 0 Å². The van der Waals surface area contributed by atoms with E-state index in [1.807, 2.05) is 13.8 Å². The molecule has 0 heterocycles. The first-order valence-corrected chi connectivity index (χ1v) is 8.19. The van der Waals surface area contributed by atoms with Crippen molar-refractivity contribution < 1.29 is 8.42 Å². The van der Waals surface area contributed by atoms with Crippen molar-refractivity contribution in [1.29, 1.82) is 0 Å². The van der Waals surface area contributed by atoms with Gasteiger partial charge in [-0.15, -0.1) is 11.6 Å². The molecule has 0 aliphatic heterocycles. The Labute approximate surface area is 104 Å². The van der Waals surface area contributed by atoms with Crippen LogP contribution >= 0.6 is 11.6 Å². The topological polar surface area (TPSA) is 46.2 Å². The Bertz CT molecular complexity index is 299. The second kappa shape index (κ2) is 6.22. The highest BCUT2D eigenvalue weighted by molar-refractivity contribution is 7.89. The van der Waals surface area contributed by atoms with Gasteiger partial charge in [-0.2, -0.15) is 0 Å². The fourth-order valence-electron chi connectivity index (χ4n) is 2.30. The van der Waals surface area contributed by atoms with E-state index in [2.05, 4.69) is 4.72 Å². The first kappa shape index (κ1) is 14.3. The van der Waals surface area contributed by atoms with Crippen LogP contribution in [0.4, 0.5) is 0 Å². The van der Waals surface area contributed by atoms with Gasteiger partial charge < -0.3 is 0 Å². The first-order chi connectivity index (χ1) is 7.44. The lowest BCUT2D eigenvalue weighted by molar-refractivity contribution is 0.422. The molecule has 0 saturated heterocycles. The fourth-order valence-corrected chi connectivity index (χ4v) is 4.26. The molecule has 16 heavy (non-hydrogen) atoms. The van der Waals surface area contributed by atoms with E-state index < -0.39 is 10.0 Å². The van der Waals surface area contributed by atoms with E-state index in [1.54, 1.807) is 0 Å². The van der Waals surface area contributed by atoms with Crippen LogP contribution in [0.1, 0.15) is 39.5 Å². The molecule has 0 aromatic heterocycles. The summed E-state index contributed by atoms with van der Waals surface area (Å²) >= 11 is 5.63. The third kappa shape index (κ3) is 4.60. The Kier molecular flexibility index (Phi) is 5.54. The summed E-state index contributed by atoms with van der Waals surface area (Å²) in [6, 6.07) is 0.0648. The van der Waals surface area contributed by atoms with Crippen molar-refractivity contribution in [2.45, 2.75) is 45.6 Å². The van der Waals surface area contributed by atoms with E-state index in [9.17, 15) is 8.42 Å². The molecule has 1 N–H and O–H groups in total. The molecule has 0 bridgehead atoms. The van der Waals surface area contributed by atoms with E-state index in [-0.39, 0.29) is 17.7 Å². The molecule has 96 valence electrons. The second-order valence-corrected chi connectivity index (χ2v) is 7.10. The molecule has 0 amide bonds. The third-order valence-electron chi connectivity index (χ3n) is 3.24. The number of hydrogen-bond donors (Lipinski definition) is 1. The van der Waals surface area contributed by atoms with Gasteiger partial charge in [0.05, 0.1) is 5.75 Å². The number of rotatable bonds is 6. The molecule has 1 fully saturated rings. The van der Waals surface area contributed by atoms with Gasteiger partial charge in [-0.05, 0) is 31.6 Å². The predicted octanol–water partition coefficient (Wildman–Crippen LogP) is 2.36. The van der Waals surface area contributed by atoms with Crippen LogP contribution in [0.5, 0.6) is 0 Å². The molecule has 0 aromatic carbocycles. The van der Waals surface area contributed by atoms with Gasteiger partial charge in [0.25, 0.3) is 0 Å². The highest BCUT2D eigenvalue weighted by atomic mass is 35.5. The fraction of sp³-hybridized carbons (Fsp3) is 1.00. The maximum absolute atomic E-state index is 11.8. The lowest BCUT2D eigenvalue weighted by atomic mass is 10.0. The maximum Gasteiger partial charge on any atom is 0.212 e. The zero-order valence-electron chi connectivity index (χ0n) is 10.1. The van der Waals surface area contributed by atoms with Gasteiger partial charge in [-0.25, -0.2) is 13.1 Å². The van der Waals surface area contributed by atoms with Crippen molar-refractivity contribution in [3.63, 3.8) is 0 Å². The monoisotopic (exact) mass is 267 g/mol. The van der Waals surface area contributed by atoms with E-state index in [4.69, 9.17) is 11.6 Å². The molecule has 1 unspecified atom stereocenters. The molecule has 1 rings (SSSR count).